The van der Waals surface area contributed by atoms with E-state index in [1.54, 1.807) is 0 Å². The van der Waals surface area contributed by atoms with Gasteiger partial charge in [-0.25, -0.2) is 0 Å². The zero-order chi connectivity index (χ0) is 8.43. The number of pyridine rings is 1. The minimum atomic E-state index is -1.03. The van der Waals surface area contributed by atoms with Crippen molar-refractivity contribution in [2.75, 3.05) is 0 Å². The lowest BCUT2D eigenvalue weighted by molar-refractivity contribution is -0.387. The molecule has 6 heteroatoms. The molecule has 4 nitrogen and oxygen atoms in total. The Morgan fingerprint density at radius 3 is 2.64 bits per heavy atom. The van der Waals surface area contributed by atoms with Crippen LogP contribution >= 0.6 is 11.6 Å². The van der Waals surface area contributed by atoms with Crippen molar-refractivity contribution in [3.05, 3.63) is 33.3 Å². The SMILES string of the molecule is O=[N+]([O-])c1c(F)cncc1Cl. The molecule has 0 radical (unpaired) electrons. The Hall–Kier alpha value is -1.23. The molecule has 1 aromatic rings. The van der Waals surface area contributed by atoms with Crippen LogP contribution in [0.4, 0.5) is 10.1 Å². The van der Waals surface area contributed by atoms with Gasteiger partial charge < -0.3 is 0 Å². The Kier molecular flexibility index (Phi) is 2.00. The maximum absolute atomic E-state index is 12.5. The van der Waals surface area contributed by atoms with E-state index in [0.717, 1.165) is 12.4 Å². The van der Waals surface area contributed by atoms with Crippen molar-refractivity contribution in [1.29, 1.82) is 0 Å². The number of rotatable bonds is 1. The van der Waals surface area contributed by atoms with Crippen LogP contribution in [-0.2, 0) is 0 Å². The molecular weight excluding hydrogens is 175 g/mol. The Morgan fingerprint density at radius 1 is 1.64 bits per heavy atom. The quantitative estimate of drug-likeness (QED) is 0.484. The molecule has 0 bridgehead atoms. The molecule has 0 N–H and O–H groups in total. The molecular formula is C5H2ClFN2O2. The van der Waals surface area contributed by atoms with E-state index in [-0.39, 0.29) is 5.02 Å². The Labute approximate surface area is 65.8 Å². The van der Waals surface area contributed by atoms with Crippen molar-refractivity contribution >= 4 is 17.3 Å². The molecule has 0 aromatic carbocycles. The lowest BCUT2D eigenvalue weighted by Crippen LogP contribution is -1.93. The fourth-order valence-electron chi connectivity index (χ4n) is 0.579. The van der Waals surface area contributed by atoms with Crippen molar-refractivity contribution in [2.45, 2.75) is 0 Å². The molecule has 0 aliphatic rings. The second kappa shape index (κ2) is 2.79. The van der Waals surface area contributed by atoms with Crippen molar-refractivity contribution in [3.63, 3.8) is 0 Å². The summed E-state index contributed by atoms with van der Waals surface area (Å²) in [4.78, 5) is 12.5. The standard InChI is InChI=1S/C5H2ClFN2O2/c6-3-1-8-2-4(7)5(3)9(10)11/h1-2H. The first-order valence-corrected chi connectivity index (χ1v) is 2.94. The summed E-state index contributed by atoms with van der Waals surface area (Å²) in [7, 11) is 0. The van der Waals surface area contributed by atoms with Gasteiger partial charge in [0.1, 0.15) is 5.02 Å². The average Bonchev–Trinajstić information content (AvgIpc) is 1.85. The third kappa shape index (κ3) is 1.43. The third-order valence-electron chi connectivity index (χ3n) is 1.01. The van der Waals surface area contributed by atoms with Crippen molar-refractivity contribution < 1.29 is 9.31 Å². The molecule has 0 atom stereocenters. The third-order valence-corrected chi connectivity index (χ3v) is 1.29. The first-order valence-electron chi connectivity index (χ1n) is 2.56. The average molecular weight is 177 g/mol. The van der Waals surface area contributed by atoms with Crippen LogP contribution in [-0.4, -0.2) is 9.91 Å². The number of hydrogen-bond donors (Lipinski definition) is 0. The molecule has 11 heavy (non-hydrogen) atoms. The Balaban J connectivity index is 3.32. The molecule has 0 aliphatic heterocycles. The highest BCUT2D eigenvalue weighted by molar-refractivity contribution is 6.32. The van der Waals surface area contributed by atoms with Gasteiger partial charge in [-0.15, -0.1) is 0 Å². The van der Waals surface area contributed by atoms with Crippen molar-refractivity contribution in [2.24, 2.45) is 0 Å². The predicted molar refractivity (Wildman–Crippen MR) is 35.9 cm³/mol. The predicted octanol–water partition coefficient (Wildman–Crippen LogP) is 1.78. The van der Waals surface area contributed by atoms with Crippen LogP contribution in [0.1, 0.15) is 0 Å². The number of aromatic nitrogens is 1. The van der Waals surface area contributed by atoms with Gasteiger partial charge in [-0.3, -0.25) is 15.1 Å². The van der Waals surface area contributed by atoms with Gasteiger partial charge >= 0.3 is 5.69 Å². The Bertz CT molecular complexity index is 284. The van der Waals surface area contributed by atoms with Gasteiger partial charge in [-0.1, -0.05) is 11.6 Å². The van der Waals surface area contributed by atoms with E-state index in [2.05, 4.69) is 4.98 Å². The molecule has 0 spiro atoms. The molecule has 1 heterocycles. The zero-order valence-corrected chi connectivity index (χ0v) is 5.88. The molecule has 0 aliphatic carbocycles. The van der Waals surface area contributed by atoms with Crippen LogP contribution in [0.15, 0.2) is 12.4 Å². The van der Waals surface area contributed by atoms with E-state index in [9.17, 15) is 14.5 Å². The van der Waals surface area contributed by atoms with E-state index in [0.29, 0.717) is 0 Å². The van der Waals surface area contributed by atoms with Crippen LogP contribution in [0, 0.1) is 15.9 Å². The van der Waals surface area contributed by atoms with E-state index >= 15 is 0 Å². The second-order valence-electron chi connectivity index (χ2n) is 1.71. The Morgan fingerprint density at radius 2 is 2.27 bits per heavy atom. The molecule has 1 rings (SSSR count). The molecule has 1 aromatic heterocycles. The fraction of sp³-hybridized carbons (Fsp3) is 0. The van der Waals surface area contributed by atoms with Gasteiger partial charge in [0.15, 0.2) is 0 Å². The number of hydrogen-bond acceptors (Lipinski definition) is 3. The molecule has 0 saturated carbocycles. The minimum Gasteiger partial charge on any atom is -0.260 e. The first kappa shape index (κ1) is 7.87. The van der Waals surface area contributed by atoms with Gasteiger partial charge in [-0.05, 0) is 0 Å². The van der Waals surface area contributed by atoms with Gasteiger partial charge in [0.05, 0.1) is 17.3 Å². The fourth-order valence-corrected chi connectivity index (χ4v) is 0.795. The van der Waals surface area contributed by atoms with Gasteiger partial charge in [0.2, 0.25) is 5.82 Å². The van der Waals surface area contributed by atoms with Crippen LogP contribution in [0.25, 0.3) is 0 Å². The van der Waals surface area contributed by atoms with E-state index < -0.39 is 16.4 Å². The molecule has 58 valence electrons. The summed E-state index contributed by atoms with van der Waals surface area (Å²) in [6, 6.07) is 0. The summed E-state index contributed by atoms with van der Waals surface area (Å²) < 4.78 is 12.5. The highest BCUT2D eigenvalue weighted by atomic mass is 35.5. The first-order chi connectivity index (χ1) is 5.13. The van der Waals surface area contributed by atoms with E-state index in [1.165, 1.54) is 0 Å². The summed E-state index contributed by atoms with van der Waals surface area (Å²) in [5.41, 5.74) is -0.735. The highest BCUT2D eigenvalue weighted by Crippen LogP contribution is 2.24. The van der Waals surface area contributed by atoms with E-state index in [4.69, 9.17) is 11.6 Å². The zero-order valence-electron chi connectivity index (χ0n) is 5.12. The van der Waals surface area contributed by atoms with Gasteiger partial charge in [0, 0.05) is 0 Å². The second-order valence-corrected chi connectivity index (χ2v) is 2.12. The smallest absolute Gasteiger partial charge is 0.260 e. The minimum absolute atomic E-state index is 0.296. The lowest BCUT2D eigenvalue weighted by atomic mass is 10.4. The van der Waals surface area contributed by atoms with Crippen LogP contribution in [0.3, 0.4) is 0 Å². The maximum Gasteiger partial charge on any atom is 0.326 e. The summed E-state index contributed by atoms with van der Waals surface area (Å²) in [5, 5.41) is 9.80. The number of halogens is 2. The number of nitrogens with zero attached hydrogens (tertiary/aromatic N) is 2. The summed E-state index contributed by atoms with van der Waals surface area (Å²) in [5.74, 6) is -1.03. The van der Waals surface area contributed by atoms with Crippen LogP contribution < -0.4 is 0 Å². The topological polar surface area (TPSA) is 56.0 Å². The van der Waals surface area contributed by atoms with E-state index in [1.807, 2.05) is 0 Å². The van der Waals surface area contributed by atoms with Crippen molar-refractivity contribution in [3.8, 4) is 0 Å². The van der Waals surface area contributed by atoms with Gasteiger partial charge in [0.25, 0.3) is 0 Å². The summed E-state index contributed by atoms with van der Waals surface area (Å²) in [6.45, 7) is 0. The van der Waals surface area contributed by atoms with Crippen LogP contribution in [0.2, 0.25) is 5.02 Å². The van der Waals surface area contributed by atoms with Crippen molar-refractivity contribution in [1.82, 2.24) is 4.98 Å². The lowest BCUT2D eigenvalue weighted by Gasteiger charge is -1.93. The maximum atomic E-state index is 12.5. The molecule has 0 saturated heterocycles. The normalized spacial score (nSPS) is 9.64. The van der Waals surface area contributed by atoms with Crippen LogP contribution in [0.5, 0.6) is 0 Å². The van der Waals surface area contributed by atoms with Gasteiger partial charge in [-0.2, -0.15) is 4.39 Å². The largest absolute Gasteiger partial charge is 0.326 e. The number of nitro groups is 1. The monoisotopic (exact) mass is 176 g/mol. The summed E-state index contributed by atoms with van der Waals surface area (Å²) >= 11 is 5.28. The highest BCUT2D eigenvalue weighted by Gasteiger charge is 2.18. The molecule has 0 unspecified atom stereocenters. The summed E-state index contributed by atoms with van der Waals surface area (Å²) in [6.07, 6.45) is 1.76. The molecule has 0 fully saturated rings. The molecule has 0 amide bonds.